The predicted molar refractivity (Wildman–Crippen MR) is 117 cm³/mol. The van der Waals surface area contributed by atoms with Crippen LogP contribution >= 0.6 is 23.6 Å². The molecule has 8 heteroatoms. The molecule has 6 nitrogen and oxygen atoms in total. The highest BCUT2D eigenvalue weighted by Gasteiger charge is 2.30. The highest BCUT2D eigenvalue weighted by molar-refractivity contribution is 7.73. The molecule has 0 fully saturated rings. The number of para-hydroxylation sites is 1. The van der Waals surface area contributed by atoms with Gasteiger partial charge in [-0.15, -0.1) is 0 Å². The predicted octanol–water partition coefficient (Wildman–Crippen LogP) is 4.92. The number of anilines is 1. The van der Waals surface area contributed by atoms with E-state index in [0.29, 0.717) is 39.4 Å². The van der Waals surface area contributed by atoms with E-state index in [0.717, 1.165) is 11.3 Å². The highest BCUT2D eigenvalue weighted by Crippen LogP contribution is 2.36. The Bertz CT molecular complexity index is 1090. The van der Waals surface area contributed by atoms with E-state index in [2.05, 4.69) is 10.6 Å². The summed E-state index contributed by atoms with van der Waals surface area (Å²) in [6, 6.07) is 15.5. The average molecular weight is 428 g/mol. The van der Waals surface area contributed by atoms with Crippen LogP contribution in [-0.4, -0.2) is 23.7 Å². The normalized spacial score (nSPS) is 15.2. The Morgan fingerprint density at radius 3 is 2.48 bits per heavy atom. The topological polar surface area (TPSA) is 64.5 Å². The molecule has 2 aromatic carbocycles. The SMILES string of the molecule is CCOc1ccc([C@@H]2NC(=O)c3sc(=S)n(-c4ccccc4)c3N2)cc1OCC. The lowest BCUT2D eigenvalue weighted by molar-refractivity contribution is 0.0939. The molecule has 0 bridgehead atoms. The summed E-state index contributed by atoms with van der Waals surface area (Å²) in [7, 11) is 0. The van der Waals surface area contributed by atoms with E-state index in [4.69, 9.17) is 21.7 Å². The van der Waals surface area contributed by atoms with Crippen LogP contribution < -0.4 is 20.1 Å². The van der Waals surface area contributed by atoms with Gasteiger partial charge in [-0.3, -0.25) is 9.36 Å². The minimum Gasteiger partial charge on any atom is -0.490 e. The molecular weight excluding hydrogens is 406 g/mol. The molecule has 1 amide bonds. The number of nitrogens with zero attached hydrogens (tertiary/aromatic N) is 1. The fourth-order valence-corrected chi connectivity index (χ4v) is 4.56. The molecule has 1 aliphatic heterocycles. The summed E-state index contributed by atoms with van der Waals surface area (Å²) in [5.74, 6) is 1.88. The third-order valence-corrected chi connectivity index (χ3v) is 5.86. The minimum absolute atomic E-state index is 0.152. The quantitative estimate of drug-likeness (QED) is 0.547. The standard InChI is InChI=1S/C21H21N3O3S2/c1-3-26-15-11-10-13(12-16(15)27-4-2)18-22-19-17(20(25)23-18)29-21(28)24(19)14-8-6-5-7-9-14/h5-12,18,22H,3-4H2,1-2H3,(H,23,25)/t18-/m0/s1. The van der Waals surface area contributed by atoms with Gasteiger partial charge >= 0.3 is 0 Å². The zero-order valence-corrected chi connectivity index (χ0v) is 17.7. The molecule has 0 aliphatic carbocycles. The molecule has 1 aliphatic rings. The number of rotatable bonds is 6. The van der Waals surface area contributed by atoms with Crippen molar-refractivity contribution in [3.05, 3.63) is 62.9 Å². The monoisotopic (exact) mass is 427 g/mol. The zero-order valence-electron chi connectivity index (χ0n) is 16.1. The van der Waals surface area contributed by atoms with Crippen molar-refractivity contribution in [2.75, 3.05) is 18.5 Å². The van der Waals surface area contributed by atoms with Crippen molar-refractivity contribution in [2.24, 2.45) is 0 Å². The number of fused-ring (bicyclic) bond motifs is 1. The number of thiazole rings is 1. The number of carbonyl (C=O) groups is 1. The van der Waals surface area contributed by atoms with Gasteiger partial charge in [-0.2, -0.15) is 0 Å². The molecule has 2 N–H and O–H groups in total. The number of hydrogen-bond donors (Lipinski definition) is 2. The summed E-state index contributed by atoms with van der Waals surface area (Å²) in [4.78, 5) is 13.4. The second-order valence-electron chi connectivity index (χ2n) is 6.34. The maximum atomic E-state index is 12.8. The fourth-order valence-electron chi connectivity index (χ4n) is 3.25. The van der Waals surface area contributed by atoms with Gasteiger partial charge in [-0.05, 0) is 55.9 Å². The Morgan fingerprint density at radius 2 is 1.76 bits per heavy atom. The smallest absolute Gasteiger partial charge is 0.267 e. The molecule has 150 valence electrons. The molecule has 1 aromatic heterocycles. The van der Waals surface area contributed by atoms with E-state index in [-0.39, 0.29) is 5.91 Å². The first-order valence-corrected chi connectivity index (χ1v) is 10.6. The van der Waals surface area contributed by atoms with Gasteiger partial charge in [-0.1, -0.05) is 35.6 Å². The van der Waals surface area contributed by atoms with Crippen LogP contribution in [0.1, 0.15) is 35.2 Å². The Balaban J connectivity index is 1.73. The first kappa shape index (κ1) is 19.5. The van der Waals surface area contributed by atoms with E-state index in [1.807, 2.05) is 66.9 Å². The van der Waals surface area contributed by atoms with Crippen molar-refractivity contribution in [2.45, 2.75) is 20.0 Å². The molecular formula is C21H21N3O3S2. The molecule has 0 saturated heterocycles. The molecule has 29 heavy (non-hydrogen) atoms. The van der Waals surface area contributed by atoms with Gasteiger partial charge < -0.3 is 20.1 Å². The van der Waals surface area contributed by atoms with Gasteiger partial charge in [0.2, 0.25) is 0 Å². The van der Waals surface area contributed by atoms with Crippen molar-refractivity contribution >= 4 is 35.3 Å². The molecule has 0 unspecified atom stereocenters. The van der Waals surface area contributed by atoms with Gasteiger partial charge in [0.15, 0.2) is 15.5 Å². The number of nitrogens with one attached hydrogen (secondary N) is 2. The number of amides is 1. The van der Waals surface area contributed by atoms with Crippen LogP contribution in [0, 0.1) is 3.95 Å². The third-order valence-electron chi connectivity index (χ3n) is 4.49. The largest absolute Gasteiger partial charge is 0.490 e. The Kier molecular flexibility index (Phi) is 5.55. The summed E-state index contributed by atoms with van der Waals surface area (Å²) in [5, 5.41) is 6.44. The van der Waals surface area contributed by atoms with E-state index in [9.17, 15) is 4.79 Å². The van der Waals surface area contributed by atoms with E-state index in [1.54, 1.807) is 0 Å². The van der Waals surface area contributed by atoms with E-state index >= 15 is 0 Å². The van der Waals surface area contributed by atoms with Crippen LogP contribution in [0.2, 0.25) is 0 Å². The summed E-state index contributed by atoms with van der Waals surface area (Å²) >= 11 is 6.83. The summed E-state index contributed by atoms with van der Waals surface area (Å²) in [6.45, 7) is 4.93. The maximum absolute atomic E-state index is 12.8. The molecule has 0 radical (unpaired) electrons. The molecule has 3 aromatic rings. The number of carbonyl (C=O) groups excluding carboxylic acids is 1. The first-order chi connectivity index (χ1) is 14.1. The summed E-state index contributed by atoms with van der Waals surface area (Å²) < 4.78 is 13.9. The summed E-state index contributed by atoms with van der Waals surface area (Å²) in [5.41, 5.74) is 1.78. The van der Waals surface area contributed by atoms with Gasteiger partial charge in [0, 0.05) is 5.69 Å². The van der Waals surface area contributed by atoms with Crippen LogP contribution in [-0.2, 0) is 0 Å². The maximum Gasteiger partial charge on any atom is 0.267 e. The van der Waals surface area contributed by atoms with Crippen molar-refractivity contribution in [3.63, 3.8) is 0 Å². The van der Waals surface area contributed by atoms with Crippen LogP contribution in [0.4, 0.5) is 5.82 Å². The molecule has 0 saturated carbocycles. The lowest BCUT2D eigenvalue weighted by Crippen LogP contribution is -2.38. The second-order valence-corrected chi connectivity index (χ2v) is 7.98. The number of ether oxygens (including phenoxy) is 2. The molecule has 0 spiro atoms. The fraction of sp³-hybridized carbons (Fsp3) is 0.238. The van der Waals surface area contributed by atoms with Gasteiger partial charge in [0.05, 0.1) is 13.2 Å². The van der Waals surface area contributed by atoms with E-state index < -0.39 is 6.17 Å². The first-order valence-electron chi connectivity index (χ1n) is 9.40. The van der Waals surface area contributed by atoms with Crippen LogP contribution in [0.3, 0.4) is 0 Å². The number of aromatic nitrogens is 1. The number of benzene rings is 2. The van der Waals surface area contributed by atoms with Crippen LogP contribution in [0.15, 0.2) is 48.5 Å². The Morgan fingerprint density at radius 1 is 1.03 bits per heavy atom. The average Bonchev–Trinajstić information content (AvgIpc) is 3.07. The van der Waals surface area contributed by atoms with Crippen LogP contribution in [0.25, 0.3) is 5.69 Å². The van der Waals surface area contributed by atoms with Crippen molar-refractivity contribution in [1.29, 1.82) is 0 Å². The van der Waals surface area contributed by atoms with Crippen molar-refractivity contribution in [1.82, 2.24) is 9.88 Å². The molecule has 2 heterocycles. The van der Waals surface area contributed by atoms with E-state index in [1.165, 1.54) is 11.3 Å². The third kappa shape index (κ3) is 3.73. The minimum atomic E-state index is -0.413. The Labute approximate surface area is 178 Å². The van der Waals surface area contributed by atoms with Crippen molar-refractivity contribution in [3.8, 4) is 17.2 Å². The molecule has 1 atom stereocenters. The van der Waals surface area contributed by atoms with Crippen LogP contribution in [0.5, 0.6) is 11.5 Å². The Hall–Kier alpha value is -2.84. The highest BCUT2D eigenvalue weighted by atomic mass is 32.1. The summed E-state index contributed by atoms with van der Waals surface area (Å²) in [6.07, 6.45) is -0.413. The second kappa shape index (κ2) is 8.26. The van der Waals surface area contributed by atoms with Gasteiger partial charge in [0.1, 0.15) is 16.9 Å². The van der Waals surface area contributed by atoms with Gasteiger partial charge in [0.25, 0.3) is 5.91 Å². The lowest BCUT2D eigenvalue weighted by Gasteiger charge is -2.27. The zero-order chi connectivity index (χ0) is 20.4. The van der Waals surface area contributed by atoms with Crippen molar-refractivity contribution < 1.29 is 14.3 Å². The van der Waals surface area contributed by atoms with Gasteiger partial charge in [-0.25, -0.2) is 0 Å². The number of hydrogen-bond acceptors (Lipinski definition) is 6. The molecule has 4 rings (SSSR count). The lowest BCUT2D eigenvalue weighted by atomic mass is 10.1.